The molecule has 9 nitrogen and oxygen atoms in total. The summed E-state index contributed by atoms with van der Waals surface area (Å²) < 4.78 is 1.83. The normalized spacial score (nSPS) is 15.2. The van der Waals surface area contributed by atoms with Crippen LogP contribution in [0.25, 0.3) is 10.2 Å². The SMILES string of the molecule is CC(O)N(C(C)O)C(C)O.CNC(=O)C(CSc1nc2ccccc2s1)C(=O)O. The Balaban J connectivity index is 0.000000359. The minimum atomic E-state index is -1.12. The van der Waals surface area contributed by atoms with E-state index in [-0.39, 0.29) is 5.75 Å². The van der Waals surface area contributed by atoms with Gasteiger partial charge in [0.2, 0.25) is 5.91 Å². The van der Waals surface area contributed by atoms with E-state index in [2.05, 4.69) is 10.3 Å². The summed E-state index contributed by atoms with van der Waals surface area (Å²) in [7, 11) is 1.43. The van der Waals surface area contributed by atoms with E-state index in [1.54, 1.807) is 0 Å². The van der Waals surface area contributed by atoms with Crippen LogP contribution in [0.3, 0.4) is 0 Å². The number of thioether (sulfide) groups is 1. The highest BCUT2D eigenvalue weighted by Crippen LogP contribution is 2.30. The van der Waals surface area contributed by atoms with E-state index in [0.717, 1.165) is 14.6 Å². The van der Waals surface area contributed by atoms with Gasteiger partial charge in [0.25, 0.3) is 0 Å². The number of fused-ring (bicyclic) bond motifs is 1. The van der Waals surface area contributed by atoms with Gasteiger partial charge < -0.3 is 25.7 Å². The van der Waals surface area contributed by atoms with Crippen molar-refractivity contribution in [2.45, 2.75) is 43.8 Å². The molecule has 5 N–H and O–H groups in total. The van der Waals surface area contributed by atoms with E-state index in [9.17, 15) is 9.59 Å². The van der Waals surface area contributed by atoms with Crippen LogP contribution in [0.2, 0.25) is 0 Å². The number of carboxylic acid groups (broad SMARTS) is 1. The molecule has 1 amide bonds. The molecule has 4 unspecified atom stereocenters. The van der Waals surface area contributed by atoms with Gasteiger partial charge in [0.05, 0.1) is 10.2 Å². The van der Waals surface area contributed by atoms with Gasteiger partial charge in [-0.3, -0.25) is 9.59 Å². The second-order valence-electron chi connectivity index (χ2n) is 6.11. The minimum absolute atomic E-state index is 0.175. The summed E-state index contributed by atoms with van der Waals surface area (Å²) in [6, 6.07) is 7.70. The van der Waals surface area contributed by atoms with Gasteiger partial charge in [-0.15, -0.1) is 11.3 Å². The van der Waals surface area contributed by atoms with Crippen LogP contribution in [0, 0.1) is 5.92 Å². The van der Waals surface area contributed by atoms with Crippen molar-refractivity contribution < 1.29 is 30.0 Å². The summed E-state index contributed by atoms with van der Waals surface area (Å²) in [6.07, 6.45) is -2.50. The second-order valence-corrected chi connectivity index (χ2v) is 8.40. The molecule has 0 radical (unpaired) electrons. The van der Waals surface area contributed by atoms with Crippen molar-refractivity contribution in [2.75, 3.05) is 12.8 Å². The fraction of sp³-hybridized carbons (Fsp3) is 0.500. The Morgan fingerprint density at radius 1 is 1.14 bits per heavy atom. The lowest BCUT2D eigenvalue weighted by Gasteiger charge is -2.30. The van der Waals surface area contributed by atoms with Gasteiger partial charge in [0.1, 0.15) is 24.6 Å². The zero-order valence-electron chi connectivity index (χ0n) is 16.6. The minimum Gasteiger partial charge on any atom is -0.481 e. The van der Waals surface area contributed by atoms with Crippen molar-refractivity contribution in [3.63, 3.8) is 0 Å². The van der Waals surface area contributed by atoms with Crippen LogP contribution in [-0.2, 0) is 9.59 Å². The second kappa shape index (κ2) is 12.1. The molecular formula is C18H27N3O6S2. The first-order valence-electron chi connectivity index (χ1n) is 8.82. The fourth-order valence-corrected chi connectivity index (χ4v) is 4.61. The van der Waals surface area contributed by atoms with E-state index in [1.807, 2.05) is 24.3 Å². The van der Waals surface area contributed by atoms with Crippen LogP contribution in [0.15, 0.2) is 28.6 Å². The number of thiazole rings is 1. The molecule has 4 atom stereocenters. The Kier molecular flexibility index (Phi) is 10.5. The summed E-state index contributed by atoms with van der Waals surface area (Å²) in [5.74, 6) is -2.48. The number of hydrogen-bond donors (Lipinski definition) is 5. The summed E-state index contributed by atoms with van der Waals surface area (Å²) in [5, 5.41) is 38.2. The molecule has 2 rings (SSSR count). The van der Waals surface area contributed by atoms with Crippen LogP contribution >= 0.6 is 23.1 Å². The Morgan fingerprint density at radius 3 is 2.10 bits per heavy atom. The van der Waals surface area contributed by atoms with E-state index in [0.29, 0.717) is 0 Å². The average molecular weight is 446 g/mol. The molecule has 0 fully saturated rings. The third kappa shape index (κ3) is 7.88. The molecule has 0 saturated heterocycles. The largest absolute Gasteiger partial charge is 0.481 e. The Morgan fingerprint density at radius 2 is 1.69 bits per heavy atom. The lowest BCUT2D eigenvalue weighted by Crippen LogP contribution is -2.45. The molecular weight excluding hydrogens is 418 g/mol. The lowest BCUT2D eigenvalue weighted by molar-refractivity contribution is -0.159. The van der Waals surface area contributed by atoms with Crippen LogP contribution in [-0.4, -0.2) is 73.7 Å². The predicted molar refractivity (Wildman–Crippen MR) is 112 cm³/mol. The maximum absolute atomic E-state index is 11.4. The topological polar surface area (TPSA) is 143 Å². The molecule has 0 saturated carbocycles. The number of para-hydroxylation sites is 1. The van der Waals surface area contributed by atoms with Gasteiger partial charge in [0, 0.05) is 12.8 Å². The van der Waals surface area contributed by atoms with Crippen LogP contribution in [0.1, 0.15) is 20.8 Å². The molecule has 11 heteroatoms. The maximum Gasteiger partial charge on any atom is 0.316 e. The number of rotatable bonds is 8. The number of aliphatic hydroxyl groups excluding tert-OH is 3. The van der Waals surface area contributed by atoms with E-state index >= 15 is 0 Å². The number of aromatic nitrogens is 1. The molecule has 0 spiro atoms. The predicted octanol–water partition coefficient (Wildman–Crippen LogP) is 1.14. The standard InChI is InChI=1S/C12H12N2O3S2.C6H15NO3/c1-13-10(15)7(11(16)17)6-18-12-14-8-4-2-3-5-9(8)19-12;1-4(8)7(5(2)9)6(3)10/h2-5,7H,6H2,1H3,(H,13,15)(H,16,17);4-6,8-10H,1-3H3. The first-order valence-corrected chi connectivity index (χ1v) is 10.6. The van der Waals surface area contributed by atoms with E-state index in [4.69, 9.17) is 20.4 Å². The molecule has 1 aromatic heterocycles. The van der Waals surface area contributed by atoms with E-state index in [1.165, 1.54) is 55.8 Å². The molecule has 0 aliphatic heterocycles. The highest BCUT2D eigenvalue weighted by atomic mass is 32.2. The number of aliphatic carboxylic acids is 1. The van der Waals surface area contributed by atoms with Crippen molar-refractivity contribution in [3.05, 3.63) is 24.3 Å². The quantitative estimate of drug-likeness (QED) is 0.229. The maximum atomic E-state index is 11.4. The molecule has 162 valence electrons. The van der Waals surface area contributed by atoms with Crippen molar-refractivity contribution in [2.24, 2.45) is 5.92 Å². The first kappa shape index (κ1) is 25.3. The van der Waals surface area contributed by atoms with Crippen LogP contribution < -0.4 is 5.32 Å². The van der Waals surface area contributed by atoms with Gasteiger partial charge in [-0.05, 0) is 32.9 Å². The number of amides is 1. The summed E-state index contributed by atoms with van der Waals surface area (Å²) in [4.78, 5) is 28.0. The van der Waals surface area contributed by atoms with Crippen molar-refractivity contribution in [1.82, 2.24) is 15.2 Å². The molecule has 2 aromatic rings. The third-order valence-corrected chi connectivity index (χ3v) is 6.08. The smallest absolute Gasteiger partial charge is 0.316 e. The molecule has 1 heterocycles. The number of nitrogens with zero attached hydrogens (tertiary/aromatic N) is 2. The van der Waals surface area contributed by atoms with Crippen molar-refractivity contribution >= 4 is 45.2 Å². The zero-order chi connectivity index (χ0) is 22.1. The van der Waals surface area contributed by atoms with Crippen LogP contribution in [0.5, 0.6) is 0 Å². The lowest BCUT2D eigenvalue weighted by atomic mass is 10.2. The van der Waals surface area contributed by atoms with Gasteiger partial charge in [-0.2, -0.15) is 0 Å². The van der Waals surface area contributed by atoms with Crippen molar-refractivity contribution in [1.29, 1.82) is 0 Å². The monoisotopic (exact) mass is 445 g/mol. The zero-order valence-corrected chi connectivity index (χ0v) is 18.3. The third-order valence-electron chi connectivity index (χ3n) is 3.80. The number of nitrogens with one attached hydrogen (secondary N) is 1. The highest BCUT2D eigenvalue weighted by molar-refractivity contribution is 8.01. The van der Waals surface area contributed by atoms with Gasteiger partial charge in [0.15, 0.2) is 4.34 Å². The first-order chi connectivity index (χ1) is 13.6. The number of carbonyl (C=O) groups is 2. The molecule has 1 aromatic carbocycles. The highest BCUT2D eigenvalue weighted by Gasteiger charge is 2.25. The molecule has 29 heavy (non-hydrogen) atoms. The number of hydrogen-bond acceptors (Lipinski definition) is 9. The van der Waals surface area contributed by atoms with Crippen LogP contribution in [0.4, 0.5) is 0 Å². The van der Waals surface area contributed by atoms with Gasteiger partial charge in [-0.1, -0.05) is 23.9 Å². The average Bonchev–Trinajstić information content (AvgIpc) is 3.03. The van der Waals surface area contributed by atoms with E-state index < -0.39 is 36.5 Å². The Labute approximate surface area is 177 Å². The number of carbonyl (C=O) groups excluding carboxylic acids is 1. The molecule has 0 aliphatic carbocycles. The Hall–Kier alpha value is -1.76. The number of benzene rings is 1. The summed E-state index contributed by atoms with van der Waals surface area (Å²) in [6.45, 7) is 4.46. The molecule has 0 bridgehead atoms. The van der Waals surface area contributed by atoms with Gasteiger partial charge in [-0.25, -0.2) is 9.88 Å². The van der Waals surface area contributed by atoms with Gasteiger partial charge >= 0.3 is 5.97 Å². The fourth-order valence-electron chi connectivity index (χ4n) is 2.44. The van der Waals surface area contributed by atoms with Crippen molar-refractivity contribution in [3.8, 4) is 0 Å². The summed E-state index contributed by atoms with van der Waals surface area (Å²) >= 11 is 2.79. The number of aliphatic hydroxyl groups is 3. The summed E-state index contributed by atoms with van der Waals surface area (Å²) in [5.41, 5.74) is 0.891. The Bertz CT molecular complexity index is 745. The molecule has 0 aliphatic rings. The number of carboxylic acids is 1.